The lowest BCUT2D eigenvalue weighted by Gasteiger charge is -2.35. The van der Waals surface area contributed by atoms with E-state index in [1.807, 2.05) is 24.3 Å². The summed E-state index contributed by atoms with van der Waals surface area (Å²) in [6.45, 7) is 7.09. The molecule has 0 unspecified atom stereocenters. The molecule has 11 nitrogen and oxygen atoms in total. The number of hydrogen-bond donors (Lipinski definition) is 3. The molecule has 1 aliphatic rings. The van der Waals surface area contributed by atoms with E-state index >= 15 is 0 Å². The number of nitrogens with one attached hydrogen (secondary N) is 2. The van der Waals surface area contributed by atoms with E-state index in [1.54, 1.807) is 46.6 Å². The third-order valence-corrected chi connectivity index (χ3v) is 6.69. The van der Waals surface area contributed by atoms with Gasteiger partial charge >= 0.3 is 12.6 Å². The number of piperazine rings is 1. The molecule has 1 aromatic carbocycles. The number of imidazole rings is 1. The van der Waals surface area contributed by atoms with Crippen LogP contribution in [0.15, 0.2) is 78.4 Å². The number of halogens is 2. The molecule has 0 radical (unpaired) electrons. The van der Waals surface area contributed by atoms with E-state index in [0.29, 0.717) is 61.9 Å². The summed E-state index contributed by atoms with van der Waals surface area (Å²) in [6.07, 6.45) is 8.43. The van der Waals surface area contributed by atoms with E-state index in [4.69, 9.17) is 5.73 Å². The van der Waals surface area contributed by atoms with Gasteiger partial charge in [-0.2, -0.15) is 8.78 Å². The maximum absolute atomic E-state index is 13.3. The van der Waals surface area contributed by atoms with E-state index in [-0.39, 0.29) is 17.7 Å². The van der Waals surface area contributed by atoms with Gasteiger partial charge in [0.25, 0.3) is 5.91 Å². The quantitative estimate of drug-likeness (QED) is 0.247. The second-order valence-corrected chi connectivity index (χ2v) is 9.57. The number of hydrogen-bond acceptors (Lipinski definition) is 7. The van der Waals surface area contributed by atoms with Gasteiger partial charge in [-0.1, -0.05) is 12.7 Å². The van der Waals surface area contributed by atoms with Gasteiger partial charge < -0.3 is 30.9 Å². The zero-order chi connectivity index (χ0) is 30.2. The van der Waals surface area contributed by atoms with E-state index in [2.05, 4.69) is 31.9 Å². The van der Waals surface area contributed by atoms with Gasteiger partial charge in [0.2, 0.25) is 0 Å². The van der Waals surface area contributed by atoms with Crippen LogP contribution in [0.1, 0.15) is 13.8 Å². The number of urea groups is 1. The number of allylic oxidation sites excluding steroid dienone is 3. The van der Waals surface area contributed by atoms with Crippen molar-refractivity contribution >= 4 is 23.4 Å². The Labute approximate surface area is 242 Å². The summed E-state index contributed by atoms with van der Waals surface area (Å²) in [7, 11) is 0. The lowest BCUT2D eigenvalue weighted by atomic mass is 10.1. The number of benzene rings is 1. The number of alkyl halides is 2. The number of ether oxygens (including phenoxy) is 1. The molecule has 3 amide bonds. The summed E-state index contributed by atoms with van der Waals surface area (Å²) in [5.74, 6) is 0.413. The van der Waals surface area contributed by atoms with Gasteiger partial charge in [0.15, 0.2) is 11.5 Å². The summed E-state index contributed by atoms with van der Waals surface area (Å²) < 4.78 is 31.2. The van der Waals surface area contributed by atoms with Crippen molar-refractivity contribution in [2.24, 2.45) is 5.73 Å². The average molecular weight is 581 g/mol. The summed E-state index contributed by atoms with van der Waals surface area (Å²) in [6, 6.07) is 6.12. The smallest absolute Gasteiger partial charge is 0.387 e. The Morgan fingerprint density at radius 3 is 2.45 bits per heavy atom. The standard InChI is InChI=1S/C29H34F2N8O3/c1-4-23(27(40)37-13-15-38(16-14-37)29(41)34-10-9-32)19(2)17-20(3)36-25-26-35-18-24(39(26)12-11-33-25)21-5-7-22(8-6-21)42-28(30)31/h4-8,11-12,17-18,28H,1,9-10,13-16,32H2,2-3H3,(H,33,36)(H,34,41)/b20-17+,23-19+. The number of rotatable bonds is 10. The first kappa shape index (κ1) is 30.2. The fraction of sp³-hybridized carbons (Fsp3) is 0.310. The normalized spacial score (nSPS) is 14.6. The molecular weight excluding hydrogens is 546 g/mol. The Kier molecular flexibility index (Phi) is 9.86. The Balaban J connectivity index is 1.47. The van der Waals surface area contributed by atoms with E-state index in [0.717, 1.165) is 17.0 Å². The van der Waals surface area contributed by atoms with Crippen molar-refractivity contribution in [2.75, 3.05) is 44.6 Å². The predicted molar refractivity (Wildman–Crippen MR) is 156 cm³/mol. The SMILES string of the molecule is C=C/C(C(=O)N1CCN(C(=O)NCCN)CC1)=C(C)\C=C(/C)Nc1nccn2c(-c3ccc(OC(F)F)cc3)cnc12. The van der Waals surface area contributed by atoms with Crippen molar-refractivity contribution in [3.05, 3.63) is 78.4 Å². The molecule has 222 valence electrons. The van der Waals surface area contributed by atoms with Crippen molar-refractivity contribution in [1.82, 2.24) is 29.5 Å². The molecule has 0 bridgehead atoms. The predicted octanol–water partition coefficient (Wildman–Crippen LogP) is 3.63. The lowest BCUT2D eigenvalue weighted by molar-refractivity contribution is -0.128. The highest BCUT2D eigenvalue weighted by Crippen LogP contribution is 2.26. The third-order valence-electron chi connectivity index (χ3n) is 6.69. The summed E-state index contributed by atoms with van der Waals surface area (Å²) in [5.41, 5.74) is 9.41. The minimum atomic E-state index is -2.89. The van der Waals surface area contributed by atoms with E-state index in [9.17, 15) is 18.4 Å². The molecule has 0 saturated carbocycles. The molecule has 0 spiro atoms. The molecule has 3 heterocycles. The first-order valence-corrected chi connectivity index (χ1v) is 13.4. The number of nitrogens with zero attached hydrogens (tertiary/aromatic N) is 5. The fourth-order valence-electron chi connectivity index (χ4n) is 4.64. The van der Waals surface area contributed by atoms with Gasteiger partial charge in [0, 0.05) is 68.5 Å². The number of nitrogens with two attached hydrogens (primary N) is 1. The zero-order valence-corrected chi connectivity index (χ0v) is 23.5. The van der Waals surface area contributed by atoms with E-state index < -0.39 is 6.61 Å². The molecule has 42 heavy (non-hydrogen) atoms. The minimum Gasteiger partial charge on any atom is -0.435 e. The van der Waals surface area contributed by atoms with Crippen LogP contribution in [0.2, 0.25) is 0 Å². The average Bonchev–Trinajstić information content (AvgIpc) is 3.41. The van der Waals surface area contributed by atoms with Crippen LogP contribution in [-0.4, -0.2) is 82.0 Å². The number of fused-ring (bicyclic) bond motifs is 1. The highest BCUT2D eigenvalue weighted by Gasteiger charge is 2.25. The molecule has 1 aliphatic heterocycles. The molecule has 4 N–H and O–H groups in total. The summed E-state index contributed by atoms with van der Waals surface area (Å²) in [4.78, 5) is 37.8. The summed E-state index contributed by atoms with van der Waals surface area (Å²) in [5, 5.41) is 6.00. The highest BCUT2D eigenvalue weighted by atomic mass is 19.3. The number of carbonyl (C=O) groups excluding carboxylic acids is 2. The van der Waals surface area contributed by atoms with E-state index in [1.165, 1.54) is 12.1 Å². The van der Waals surface area contributed by atoms with Crippen molar-refractivity contribution < 1.29 is 23.1 Å². The number of anilines is 1. The van der Waals surface area contributed by atoms with Gasteiger partial charge in [0.1, 0.15) is 5.75 Å². The number of amides is 3. The maximum Gasteiger partial charge on any atom is 0.387 e. The molecule has 3 aromatic rings. The topological polar surface area (TPSA) is 130 Å². The van der Waals surface area contributed by atoms with Crippen LogP contribution in [0, 0.1) is 0 Å². The maximum atomic E-state index is 13.3. The highest BCUT2D eigenvalue weighted by molar-refractivity contribution is 5.97. The zero-order valence-electron chi connectivity index (χ0n) is 23.5. The molecular formula is C29H34F2N8O3. The Morgan fingerprint density at radius 2 is 1.81 bits per heavy atom. The van der Waals surface area contributed by atoms with Gasteiger partial charge in [0.05, 0.1) is 11.9 Å². The van der Waals surface area contributed by atoms with Gasteiger partial charge in [-0.25, -0.2) is 14.8 Å². The Bertz CT molecular complexity index is 1490. The van der Waals surface area contributed by atoms with Gasteiger partial charge in [-0.05, 0) is 49.8 Å². The fourth-order valence-corrected chi connectivity index (χ4v) is 4.64. The molecule has 1 fully saturated rings. The second-order valence-electron chi connectivity index (χ2n) is 9.57. The van der Waals surface area contributed by atoms with Crippen molar-refractivity contribution in [3.63, 3.8) is 0 Å². The van der Waals surface area contributed by atoms with Gasteiger partial charge in [-0.15, -0.1) is 0 Å². The third kappa shape index (κ3) is 7.10. The first-order valence-electron chi connectivity index (χ1n) is 13.4. The van der Waals surface area contributed by atoms with Crippen LogP contribution in [0.25, 0.3) is 16.9 Å². The van der Waals surface area contributed by atoms with Crippen LogP contribution in [0.5, 0.6) is 5.75 Å². The van der Waals surface area contributed by atoms with Crippen LogP contribution >= 0.6 is 0 Å². The molecule has 0 aliphatic carbocycles. The number of carbonyl (C=O) groups is 2. The lowest BCUT2D eigenvalue weighted by Crippen LogP contribution is -2.53. The van der Waals surface area contributed by atoms with Gasteiger partial charge in [-0.3, -0.25) is 9.20 Å². The number of aromatic nitrogens is 3. The largest absolute Gasteiger partial charge is 0.435 e. The first-order chi connectivity index (χ1) is 20.2. The second kappa shape index (κ2) is 13.7. The van der Waals surface area contributed by atoms with Crippen LogP contribution < -0.4 is 21.1 Å². The Morgan fingerprint density at radius 1 is 1.12 bits per heavy atom. The van der Waals surface area contributed by atoms with Crippen LogP contribution in [0.4, 0.5) is 19.4 Å². The van der Waals surface area contributed by atoms with Crippen LogP contribution in [0.3, 0.4) is 0 Å². The Hall–Kier alpha value is -4.78. The minimum absolute atomic E-state index is 0.0705. The van der Waals surface area contributed by atoms with Crippen molar-refractivity contribution in [3.8, 4) is 17.0 Å². The van der Waals surface area contributed by atoms with Crippen LogP contribution in [-0.2, 0) is 4.79 Å². The molecule has 1 saturated heterocycles. The molecule has 0 atom stereocenters. The molecule has 2 aromatic heterocycles. The van der Waals surface area contributed by atoms with Crippen molar-refractivity contribution in [2.45, 2.75) is 20.5 Å². The summed E-state index contributed by atoms with van der Waals surface area (Å²) >= 11 is 0. The molecule has 4 rings (SSSR count). The van der Waals surface area contributed by atoms with Crippen molar-refractivity contribution in [1.29, 1.82) is 0 Å². The monoisotopic (exact) mass is 580 g/mol. The molecule has 13 heteroatoms.